The number of hydrogen-bond acceptors (Lipinski definition) is 3. The van der Waals surface area contributed by atoms with E-state index in [0.29, 0.717) is 6.04 Å². The second-order valence-corrected chi connectivity index (χ2v) is 8.65. The monoisotopic (exact) mass is 323 g/mol. The molecule has 1 nitrogen and oxygen atoms in total. The van der Waals surface area contributed by atoms with Crippen LogP contribution in [0.1, 0.15) is 37.0 Å². The Morgan fingerprint density at radius 3 is 2.38 bits per heavy atom. The summed E-state index contributed by atoms with van der Waals surface area (Å²) in [6.45, 7) is 10.1. The Balaban J connectivity index is 2.13. The fraction of sp³-hybridized carbons (Fsp3) is 0.667. The SMILES string of the molecule is CCNC(Cc1cc(C)cc(C)c1)C1SCCSC1CC. The molecule has 1 N–H and O–H groups in total. The van der Waals surface area contributed by atoms with Crippen molar-refractivity contribution in [1.82, 2.24) is 5.32 Å². The Kier molecular flexibility index (Phi) is 6.97. The Hall–Kier alpha value is -0.120. The normalized spacial score (nSPS) is 24.0. The van der Waals surface area contributed by atoms with Gasteiger partial charge in [0.2, 0.25) is 0 Å². The topological polar surface area (TPSA) is 12.0 Å². The van der Waals surface area contributed by atoms with Crippen molar-refractivity contribution in [2.75, 3.05) is 18.1 Å². The Labute approximate surface area is 139 Å². The molecule has 0 amide bonds. The average molecular weight is 324 g/mol. The van der Waals surface area contributed by atoms with Gasteiger partial charge in [0.1, 0.15) is 0 Å². The number of nitrogens with one attached hydrogen (secondary N) is 1. The molecule has 1 aromatic rings. The Morgan fingerprint density at radius 1 is 1.10 bits per heavy atom. The highest BCUT2D eigenvalue weighted by atomic mass is 32.2. The molecule has 3 atom stereocenters. The van der Waals surface area contributed by atoms with Gasteiger partial charge in [0, 0.05) is 28.0 Å². The summed E-state index contributed by atoms with van der Waals surface area (Å²) in [5, 5.41) is 5.32. The molecule has 118 valence electrons. The van der Waals surface area contributed by atoms with E-state index in [0.717, 1.165) is 23.5 Å². The minimum atomic E-state index is 0.596. The van der Waals surface area contributed by atoms with Gasteiger partial charge in [-0.05, 0) is 38.8 Å². The molecule has 1 saturated heterocycles. The van der Waals surface area contributed by atoms with Gasteiger partial charge in [-0.1, -0.05) is 43.2 Å². The van der Waals surface area contributed by atoms with Crippen LogP contribution in [0.15, 0.2) is 18.2 Å². The molecule has 2 rings (SSSR count). The van der Waals surface area contributed by atoms with Crippen LogP contribution in [0.25, 0.3) is 0 Å². The van der Waals surface area contributed by atoms with Crippen molar-refractivity contribution in [3.63, 3.8) is 0 Å². The molecule has 1 aliphatic heterocycles. The van der Waals surface area contributed by atoms with Crippen molar-refractivity contribution >= 4 is 23.5 Å². The van der Waals surface area contributed by atoms with E-state index in [9.17, 15) is 0 Å². The fourth-order valence-corrected chi connectivity index (χ4v) is 6.58. The van der Waals surface area contributed by atoms with Crippen LogP contribution in [0.5, 0.6) is 0 Å². The molecule has 0 bridgehead atoms. The zero-order chi connectivity index (χ0) is 15.2. The van der Waals surface area contributed by atoms with Gasteiger partial charge in [0.25, 0.3) is 0 Å². The molecule has 3 unspecified atom stereocenters. The number of aryl methyl sites for hydroxylation is 2. The molecular formula is C18H29NS2. The summed E-state index contributed by atoms with van der Waals surface area (Å²) >= 11 is 4.37. The maximum absolute atomic E-state index is 3.77. The van der Waals surface area contributed by atoms with Crippen LogP contribution in [-0.2, 0) is 6.42 Å². The highest BCUT2D eigenvalue weighted by Gasteiger charge is 2.31. The predicted molar refractivity (Wildman–Crippen MR) is 99.9 cm³/mol. The molecule has 0 radical (unpaired) electrons. The molecular weight excluding hydrogens is 294 g/mol. The largest absolute Gasteiger partial charge is 0.313 e. The van der Waals surface area contributed by atoms with Crippen LogP contribution in [0.2, 0.25) is 0 Å². The highest BCUT2D eigenvalue weighted by Crippen LogP contribution is 2.36. The van der Waals surface area contributed by atoms with Crippen LogP contribution in [0.3, 0.4) is 0 Å². The lowest BCUT2D eigenvalue weighted by Gasteiger charge is -2.36. The summed E-state index contributed by atoms with van der Waals surface area (Å²) in [5.74, 6) is 2.63. The van der Waals surface area contributed by atoms with Crippen LogP contribution in [0, 0.1) is 13.8 Å². The van der Waals surface area contributed by atoms with E-state index in [1.165, 1.54) is 34.6 Å². The van der Waals surface area contributed by atoms with E-state index in [1.54, 1.807) is 0 Å². The second kappa shape index (κ2) is 8.50. The van der Waals surface area contributed by atoms with Crippen molar-refractivity contribution in [1.29, 1.82) is 0 Å². The molecule has 1 aliphatic rings. The molecule has 1 aromatic carbocycles. The third kappa shape index (κ3) is 4.94. The standard InChI is InChI=1S/C18H29NS2/c1-5-17-18(21-8-7-20-17)16(19-6-2)12-15-10-13(3)9-14(4)11-15/h9-11,16-19H,5-8,12H2,1-4H3. The predicted octanol–water partition coefficient (Wildman–Crippen LogP) is 4.45. The molecule has 1 heterocycles. The van der Waals surface area contributed by atoms with E-state index in [1.807, 2.05) is 0 Å². The third-order valence-corrected chi connectivity index (χ3v) is 7.50. The van der Waals surface area contributed by atoms with Crippen molar-refractivity contribution in [3.05, 3.63) is 34.9 Å². The van der Waals surface area contributed by atoms with E-state index < -0.39 is 0 Å². The van der Waals surface area contributed by atoms with Crippen LogP contribution in [-0.4, -0.2) is 34.6 Å². The zero-order valence-electron chi connectivity index (χ0n) is 13.8. The highest BCUT2D eigenvalue weighted by molar-refractivity contribution is 8.07. The molecule has 21 heavy (non-hydrogen) atoms. The summed E-state index contributed by atoms with van der Waals surface area (Å²) in [7, 11) is 0. The Bertz CT molecular complexity index is 427. The number of rotatable bonds is 6. The minimum absolute atomic E-state index is 0.596. The molecule has 0 aromatic heterocycles. The number of hydrogen-bond donors (Lipinski definition) is 1. The summed E-state index contributed by atoms with van der Waals surface area (Å²) in [6.07, 6.45) is 2.45. The van der Waals surface area contributed by atoms with Gasteiger partial charge >= 0.3 is 0 Å². The van der Waals surface area contributed by atoms with Crippen LogP contribution in [0.4, 0.5) is 0 Å². The lowest BCUT2D eigenvalue weighted by molar-refractivity contribution is 0.490. The van der Waals surface area contributed by atoms with Crippen molar-refractivity contribution in [2.24, 2.45) is 0 Å². The van der Waals surface area contributed by atoms with Gasteiger partial charge in [-0.25, -0.2) is 0 Å². The number of likely N-dealkylation sites (N-methyl/N-ethyl adjacent to an activating group) is 1. The van der Waals surface area contributed by atoms with Gasteiger partial charge in [0.05, 0.1) is 0 Å². The van der Waals surface area contributed by atoms with E-state index in [4.69, 9.17) is 0 Å². The summed E-state index contributed by atoms with van der Waals surface area (Å²) in [6, 6.07) is 7.59. The first-order valence-electron chi connectivity index (χ1n) is 8.17. The number of thioether (sulfide) groups is 2. The minimum Gasteiger partial charge on any atom is -0.313 e. The summed E-state index contributed by atoms with van der Waals surface area (Å²) in [5.41, 5.74) is 4.26. The smallest absolute Gasteiger partial charge is 0.0323 e. The van der Waals surface area contributed by atoms with Gasteiger partial charge in [-0.3, -0.25) is 0 Å². The van der Waals surface area contributed by atoms with Crippen molar-refractivity contribution in [2.45, 2.75) is 57.1 Å². The summed E-state index contributed by atoms with van der Waals surface area (Å²) < 4.78 is 0. The van der Waals surface area contributed by atoms with E-state index >= 15 is 0 Å². The quantitative estimate of drug-likeness (QED) is 0.830. The third-order valence-electron chi connectivity index (χ3n) is 4.09. The lowest BCUT2D eigenvalue weighted by Crippen LogP contribution is -2.46. The van der Waals surface area contributed by atoms with Gasteiger partial charge < -0.3 is 5.32 Å². The fourth-order valence-electron chi connectivity index (χ4n) is 3.32. The van der Waals surface area contributed by atoms with Crippen LogP contribution < -0.4 is 5.32 Å². The molecule has 1 fully saturated rings. The van der Waals surface area contributed by atoms with Gasteiger partial charge in [-0.15, -0.1) is 0 Å². The number of benzene rings is 1. The average Bonchev–Trinajstić information content (AvgIpc) is 2.45. The van der Waals surface area contributed by atoms with Gasteiger partial charge in [-0.2, -0.15) is 23.5 Å². The molecule has 0 saturated carbocycles. The lowest BCUT2D eigenvalue weighted by atomic mass is 9.97. The van der Waals surface area contributed by atoms with Crippen molar-refractivity contribution < 1.29 is 0 Å². The molecule has 0 spiro atoms. The van der Waals surface area contributed by atoms with E-state index in [-0.39, 0.29) is 0 Å². The molecule has 3 heteroatoms. The van der Waals surface area contributed by atoms with Crippen LogP contribution >= 0.6 is 23.5 Å². The first-order valence-corrected chi connectivity index (χ1v) is 10.3. The first kappa shape index (κ1) is 17.2. The molecule has 0 aliphatic carbocycles. The maximum Gasteiger partial charge on any atom is 0.0323 e. The van der Waals surface area contributed by atoms with E-state index in [2.05, 4.69) is 74.7 Å². The second-order valence-electron chi connectivity index (χ2n) is 6.02. The summed E-state index contributed by atoms with van der Waals surface area (Å²) in [4.78, 5) is 0. The maximum atomic E-state index is 3.77. The Morgan fingerprint density at radius 2 is 1.76 bits per heavy atom. The van der Waals surface area contributed by atoms with Crippen molar-refractivity contribution in [3.8, 4) is 0 Å². The zero-order valence-corrected chi connectivity index (χ0v) is 15.4. The first-order chi connectivity index (χ1) is 10.1. The van der Waals surface area contributed by atoms with Gasteiger partial charge in [0.15, 0.2) is 0 Å².